The Morgan fingerprint density at radius 2 is 1.52 bits per heavy atom. The summed E-state index contributed by atoms with van der Waals surface area (Å²) in [7, 11) is 0. The molecular weight excluding hydrogens is 346 g/mol. The maximum atomic E-state index is 10.7. The summed E-state index contributed by atoms with van der Waals surface area (Å²) in [5.41, 5.74) is 1.16. The second-order valence-corrected chi connectivity index (χ2v) is 5.16. The van der Waals surface area contributed by atoms with Gasteiger partial charge in [-0.15, -0.1) is 0 Å². The first-order chi connectivity index (χ1) is 10.8. The fourth-order valence-electron chi connectivity index (χ4n) is 2.27. The van der Waals surface area contributed by atoms with E-state index in [0.717, 1.165) is 44.7 Å². The topological polar surface area (TPSA) is 99.5 Å². The molecule has 23 heavy (non-hydrogen) atoms. The second-order valence-electron chi connectivity index (χ2n) is 5.16. The van der Waals surface area contributed by atoms with Gasteiger partial charge in [0, 0.05) is 29.2 Å². The summed E-state index contributed by atoms with van der Waals surface area (Å²) >= 11 is 0. The molecule has 1 aromatic rings. The van der Waals surface area contributed by atoms with E-state index in [1.165, 1.54) is 12.1 Å². The van der Waals surface area contributed by atoms with Gasteiger partial charge >= 0.3 is 0 Å². The Balaban J connectivity index is 0.00000264. The van der Waals surface area contributed by atoms with Crippen molar-refractivity contribution in [2.45, 2.75) is 12.5 Å². The molecule has 133 valence electrons. The van der Waals surface area contributed by atoms with Crippen molar-refractivity contribution in [2.24, 2.45) is 0 Å². The van der Waals surface area contributed by atoms with Gasteiger partial charge in [0.05, 0.1) is 4.92 Å². The number of non-ortho nitro benzene ring substituents is 1. The maximum absolute atomic E-state index is 10.7. The van der Waals surface area contributed by atoms with E-state index in [4.69, 9.17) is 0 Å². The fourth-order valence-corrected chi connectivity index (χ4v) is 2.27. The molecule has 0 saturated carbocycles. The van der Waals surface area contributed by atoms with Gasteiger partial charge in [0.15, 0.2) is 0 Å². The summed E-state index contributed by atoms with van der Waals surface area (Å²) in [6, 6.07) is 6.77. The van der Waals surface area contributed by atoms with Crippen LogP contribution in [0.4, 0.5) is 5.69 Å². The first kappa shape index (κ1) is 20.0. The molecule has 1 unspecified atom stereocenters. The Bertz CT molecular complexity index is 446. The van der Waals surface area contributed by atoms with Crippen molar-refractivity contribution in [3.8, 4) is 0 Å². The third-order valence-electron chi connectivity index (χ3n) is 3.44. The molecule has 1 atom stereocenters. The van der Waals surface area contributed by atoms with Crippen LogP contribution in [0, 0.1) is 10.1 Å². The van der Waals surface area contributed by atoms with E-state index >= 15 is 0 Å². The van der Waals surface area contributed by atoms with Gasteiger partial charge in [-0.25, -0.2) is 0 Å². The molecule has 1 radical (unpaired) electrons. The van der Waals surface area contributed by atoms with Gasteiger partial charge < -0.3 is 21.3 Å². The molecule has 0 aromatic heterocycles. The third kappa shape index (κ3) is 7.87. The van der Waals surface area contributed by atoms with E-state index in [1.807, 2.05) is 0 Å². The summed E-state index contributed by atoms with van der Waals surface area (Å²) in [6.07, 6.45) is 0.749. The van der Waals surface area contributed by atoms with Crippen LogP contribution >= 0.6 is 0 Å². The predicted molar refractivity (Wildman–Crippen MR) is 88.1 cm³/mol. The largest absolute Gasteiger partial charge is 0.665 e. The molecule has 7 nitrogen and oxygen atoms in total. The van der Waals surface area contributed by atoms with Crippen molar-refractivity contribution < 1.29 is 22.0 Å². The number of hydrogen-bond acceptors (Lipinski definition) is 2. The number of nitro benzene ring substituents is 1. The van der Waals surface area contributed by atoms with E-state index in [0.29, 0.717) is 13.1 Å². The van der Waals surface area contributed by atoms with E-state index in [2.05, 4.69) is 21.3 Å². The molecule has 1 aliphatic rings. The Morgan fingerprint density at radius 1 is 0.957 bits per heavy atom. The summed E-state index contributed by atoms with van der Waals surface area (Å²) in [4.78, 5) is 10.3. The van der Waals surface area contributed by atoms with Crippen molar-refractivity contribution in [3.63, 3.8) is 0 Å². The van der Waals surface area contributed by atoms with Crippen LogP contribution in [0.2, 0.25) is 0 Å². The zero-order chi connectivity index (χ0) is 15.6. The number of benzene rings is 1. The smallest absolute Gasteiger partial charge is 0.269 e. The average molecular weight is 367 g/mol. The molecule has 1 aromatic carbocycles. The van der Waals surface area contributed by atoms with E-state index in [1.54, 1.807) is 12.1 Å². The van der Waals surface area contributed by atoms with Crippen molar-refractivity contribution in [2.75, 3.05) is 45.8 Å². The third-order valence-corrected chi connectivity index (χ3v) is 3.44. The maximum Gasteiger partial charge on any atom is 0.269 e. The Labute approximate surface area is 147 Å². The molecule has 2 rings (SSSR count). The van der Waals surface area contributed by atoms with Gasteiger partial charge in [-0.05, 0) is 12.0 Å². The number of nitro groups is 1. The monoisotopic (exact) mass is 367 g/mol. The summed E-state index contributed by atoms with van der Waals surface area (Å²) in [5, 5.41) is 28.6. The molecule has 1 heterocycles. The van der Waals surface area contributed by atoms with Gasteiger partial charge in [-0.3, -0.25) is 10.1 Å². The number of nitrogens with zero attached hydrogens (tertiary/aromatic N) is 5. The van der Waals surface area contributed by atoms with Crippen LogP contribution in [0.3, 0.4) is 0 Å². The van der Waals surface area contributed by atoms with Crippen LogP contribution in [0.1, 0.15) is 5.56 Å². The van der Waals surface area contributed by atoms with Crippen molar-refractivity contribution in [1.29, 1.82) is 0 Å². The molecule has 0 aliphatic carbocycles. The molecule has 1 fully saturated rings. The first-order valence-corrected chi connectivity index (χ1v) is 7.55. The molecule has 1 saturated heterocycles. The fraction of sp³-hybridized carbons (Fsp3) is 0.600. The normalized spacial score (nSPS) is 20.6. The zero-order valence-corrected chi connectivity index (χ0v) is 13.8. The van der Waals surface area contributed by atoms with Crippen molar-refractivity contribution in [3.05, 3.63) is 61.2 Å². The van der Waals surface area contributed by atoms with Gasteiger partial charge in [0.25, 0.3) is 5.69 Å². The van der Waals surface area contributed by atoms with E-state index in [9.17, 15) is 10.1 Å². The summed E-state index contributed by atoms with van der Waals surface area (Å²) in [5.74, 6) is 0. The molecule has 0 N–H and O–H groups in total. The van der Waals surface area contributed by atoms with Crippen LogP contribution in [0.5, 0.6) is 0 Å². The second kappa shape index (κ2) is 11.5. The number of rotatable bonds is 3. The minimum absolute atomic E-state index is 0. The van der Waals surface area contributed by atoms with Crippen LogP contribution < -0.4 is 0 Å². The molecular formula is C15H21CuN5O2-4. The van der Waals surface area contributed by atoms with E-state index in [-0.39, 0.29) is 33.7 Å². The average Bonchev–Trinajstić information content (AvgIpc) is 2.50. The molecule has 0 amide bonds. The first-order valence-electron chi connectivity index (χ1n) is 7.55. The van der Waals surface area contributed by atoms with Crippen molar-refractivity contribution >= 4 is 5.69 Å². The standard InChI is InChI=1S/C15H21N5O2.Cu/c21-20(22)15-3-1-13(2-4-15)11-14-12-18-8-7-16-5-6-17-9-10-19-14;/h1-4,14H,5-12H2;/q-4;/i;1+0. The van der Waals surface area contributed by atoms with Crippen LogP contribution in [0.15, 0.2) is 24.3 Å². The quantitative estimate of drug-likeness (QED) is 0.466. The molecule has 0 bridgehead atoms. The molecule has 1 aliphatic heterocycles. The van der Waals surface area contributed by atoms with Crippen LogP contribution in [0.25, 0.3) is 21.3 Å². The Kier molecular flexibility index (Phi) is 10.0. The van der Waals surface area contributed by atoms with Gasteiger partial charge in [0.2, 0.25) is 0 Å². The van der Waals surface area contributed by atoms with Gasteiger partial charge in [-0.2, -0.15) is 51.9 Å². The van der Waals surface area contributed by atoms with Crippen LogP contribution in [-0.4, -0.2) is 56.8 Å². The number of hydrogen-bond donors (Lipinski definition) is 0. The Hall–Kier alpha value is -1.02. The van der Waals surface area contributed by atoms with Gasteiger partial charge in [0.1, 0.15) is 0 Å². The van der Waals surface area contributed by atoms with Gasteiger partial charge in [-0.1, -0.05) is 12.1 Å². The van der Waals surface area contributed by atoms with Crippen LogP contribution in [-0.2, 0) is 23.5 Å². The minimum atomic E-state index is -0.384. The molecule has 0 spiro atoms. The summed E-state index contributed by atoms with van der Waals surface area (Å²) < 4.78 is 0. The predicted octanol–water partition coefficient (Wildman–Crippen LogP) is 3.01. The molecule has 8 heteroatoms. The van der Waals surface area contributed by atoms with E-state index < -0.39 is 0 Å². The minimum Gasteiger partial charge on any atom is -0.665 e. The SMILES string of the molecule is O=[N+]([O-])c1ccc(CC2C[N-]CC[N-]CC[N-]CC[N-]2)cc1.[64Cu]. The summed E-state index contributed by atoms with van der Waals surface area (Å²) in [6.45, 7) is 5.13. The zero-order valence-electron chi connectivity index (χ0n) is 12.9. The Morgan fingerprint density at radius 3 is 2.13 bits per heavy atom. The van der Waals surface area contributed by atoms with Crippen molar-refractivity contribution in [1.82, 2.24) is 0 Å².